The molecule has 2 rings (SSSR count). The molecule has 3 nitrogen and oxygen atoms in total. The molecule has 0 aromatic heterocycles. The molecule has 0 radical (unpaired) electrons. The summed E-state index contributed by atoms with van der Waals surface area (Å²) in [7, 11) is 0. The van der Waals surface area contributed by atoms with Crippen LogP contribution in [-0.4, -0.2) is 31.3 Å². The number of halogens is 1. The van der Waals surface area contributed by atoms with Crippen molar-refractivity contribution in [3.63, 3.8) is 0 Å². The van der Waals surface area contributed by atoms with Crippen molar-refractivity contribution in [2.45, 2.75) is 33.2 Å². The molecule has 0 aliphatic carbocycles. The maximum atomic E-state index is 9.42. The van der Waals surface area contributed by atoms with E-state index in [1.54, 1.807) is 0 Å². The summed E-state index contributed by atoms with van der Waals surface area (Å²) in [5.74, 6) is 1.03. The first-order chi connectivity index (χ1) is 10.1. The van der Waals surface area contributed by atoms with Crippen LogP contribution in [0.25, 0.3) is 0 Å². The van der Waals surface area contributed by atoms with Gasteiger partial charge in [0.25, 0.3) is 0 Å². The molecule has 1 aliphatic heterocycles. The van der Waals surface area contributed by atoms with E-state index >= 15 is 0 Å². The molecule has 0 spiro atoms. The molecule has 1 saturated heterocycles. The van der Waals surface area contributed by atoms with E-state index in [2.05, 4.69) is 36.2 Å². The average molecular weight is 311 g/mol. The van der Waals surface area contributed by atoms with Gasteiger partial charge < -0.3 is 15.3 Å². The van der Waals surface area contributed by atoms with Crippen LogP contribution < -0.4 is 10.2 Å². The molecule has 1 unspecified atom stereocenters. The minimum Gasteiger partial charge on any atom is -0.396 e. The number of aliphatic hydroxyl groups excluding tert-OH is 1. The highest BCUT2D eigenvalue weighted by atomic mass is 35.5. The topological polar surface area (TPSA) is 35.5 Å². The van der Waals surface area contributed by atoms with E-state index in [1.165, 1.54) is 11.3 Å². The van der Waals surface area contributed by atoms with E-state index in [1.807, 2.05) is 6.07 Å². The van der Waals surface area contributed by atoms with Crippen LogP contribution in [0.15, 0.2) is 18.2 Å². The Balaban J connectivity index is 2.10. The van der Waals surface area contributed by atoms with Gasteiger partial charge in [0.2, 0.25) is 0 Å². The molecule has 1 heterocycles. The normalized spacial score (nSPS) is 19.3. The van der Waals surface area contributed by atoms with Gasteiger partial charge in [-0.05, 0) is 48.9 Å². The Morgan fingerprint density at radius 2 is 2.24 bits per heavy atom. The number of hydrogen-bond donors (Lipinski definition) is 2. The maximum absolute atomic E-state index is 9.42. The van der Waals surface area contributed by atoms with Crippen molar-refractivity contribution in [1.82, 2.24) is 5.32 Å². The maximum Gasteiger partial charge on any atom is 0.0476 e. The smallest absolute Gasteiger partial charge is 0.0476 e. The highest BCUT2D eigenvalue weighted by Crippen LogP contribution is 2.29. The van der Waals surface area contributed by atoms with Gasteiger partial charge in [-0.2, -0.15) is 0 Å². The summed E-state index contributed by atoms with van der Waals surface area (Å²) in [5.41, 5.74) is 2.51. The van der Waals surface area contributed by atoms with Gasteiger partial charge in [0.15, 0.2) is 0 Å². The number of benzene rings is 1. The molecule has 2 N–H and O–H groups in total. The number of rotatable bonds is 6. The lowest BCUT2D eigenvalue weighted by Crippen LogP contribution is -2.37. The van der Waals surface area contributed by atoms with E-state index in [0.29, 0.717) is 11.8 Å². The van der Waals surface area contributed by atoms with Crippen molar-refractivity contribution in [1.29, 1.82) is 0 Å². The van der Waals surface area contributed by atoms with Crippen LogP contribution in [-0.2, 0) is 6.54 Å². The third kappa shape index (κ3) is 4.87. The summed E-state index contributed by atoms with van der Waals surface area (Å²) in [6, 6.07) is 6.15. The second kappa shape index (κ2) is 8.02. The zero-order valence-corrected chi connectivity index (χ0v) is 13.9. The van der Waals surface area contributed by atoms with Crippen LogP contribution in [0.2, 0.25) is 5.02 Å². The third-order valence-corrected chi connectivity index (χ3v) is 4.27. The van der Waals surface area contributed by atoms with Gasteiger partial charge in [-0.3, -0.25) is 0 Å². The van der Waals surface area contributed by atoms with Gasteiger partial charge in [0, 0.05) is 37.0 Å². The fourth-order valence-corrected chi connectivity index (χ4v) is 3.08. The zero-order chi connectivity index (χ0) is 15.2. The Kier molecular flexibility index (Phi) is 6.34. The minimum atomic E-state index is 0.276. The molecule has 21 heavy (non-hydrogen) atoms. The summed E-state index contributed by atoms with van der Waals surface area (Å²) in [4.78, 5) is 2.38. The monoisotopic (exact) mass is 310 g/mol. The molecular weight excluding hydrogens is 284 g/mol. The summed E-state index contributed by atoms with van der Waals surface area (Å²) < 4.78 is 0. The van der Waals surface area contributed by atoms with Crippen molar-refractivity contribution in [2.75, 3.05) is 31.1 Å². The lowest BCUT2D eigenvalue weighted by atomic mass is 9.97. The molecule has 0 amide bonds. The summed E-state index contributed by atoms with van der Waals surface area (Å²) in [6.07, 6.45) is 2.26. The number of nitrogens with one attached hydrogen (secondary N) is 1. The van der Waals surface area contributed by atoms with Crippen LogP contribution in [0.4, 0.5) is 5.69 Å². The lowest BCUT2D eigenvalue weighted by Gasteiger charge is -2.35. The molecule has 118 valence electrons. The number of hydrogen-bond acceptors (Lipinski definition) is 3. The van der Waals surface area contributed by atoms with Gasteiger partial charge in [-0.25, -0.2) is 0 Å². The summed E-state index contributed by atoms with van der Waals surface area (Å²) in [6.45, 7) is 8.56. The van der Waals surface area contributed by atoms with E-state index < -0.39 is 0 Å². The SMILES string of the molecule is CC(C)CNCc1ccc(Cl)cc1N1CCCC(CO)C1. The first-order valence-corrected chi connectivity index (χ1v) is 8.33. The minimum absolute atomic E-state index is 0.276. The number of anilines is 1. The molecule has 0 saturated carbocycles. The number of aliphatic hydroxyl groups is 1. The Labute approximate surface area is 133 Å². The first kappa shape index (κ1) is 16.6. The molecule has 1 aromatic rings. The Hall–Kier alpha value is -0.770. The summed E-state index contributed by atoms with van der Waals surface area (Å²) in [5, 5.41) is 13.7. The highest BCUT2D eigenvalue weighted by Gasteiger charge is 2.21. The fourth-order valence-electron chi connectivity index (χ4n) is 2.91. The zero-order valence-electron chi connectivity index (χ0n) is 13.1. The van der Waals surface area contributed by atoms with Crippen molar-refractivity contribution < 1.29 is 5.11 Å². The van der Waals surface area contributed by atoms with Crippen molar-refractivity contribution in [2.24, 2.45) is 11.8 Å². The van der Waals surface area contributed by atoms with Gasteiger partial charge in [-0.1, -0.05) is 31.5 Å². The van der Waals surface area contributed by atoms with Crippen LogP contribution >= 0.6 is 11.6 Å². The van der Waals surface area contributed by atoms with Crippen LogP contribution in [0.3, 0.4) is 0 Å². The largest absolute Gasteiger partial charge is 0.396 e. The Morgan fingerprint density at radius 3 is 2.95 bits per heavy atom. The van der Waals surface area contributed by atoms with Gasteiger partial charge in [-0.15, -0.1) is 0 Å². The third-order valence-electron chi connectivity index (χ3n) is 4.03. The van der Waals surface area contributed by atoms with E-state index in [-0.39, 0.29) is 6.61 Å². The predicted molar refractivity (Wildman–Crippen MR) is 90.0 cm³/mol. The quantitative estimate of drug-likeness (QED) is 0.846. The Morgan fingerprint density at radius 1 is 1.43 bits per heavy atom. The molecule has 4 heteroatoms. The molecular formula is C17H27ClN2O. The van der Waals surface area contributed by atoms with Crippen LogP contribution in [0, 0.1) is 11.8 Å². The molecule has 1 aromatic carbocycles. The number of piperidine rings is 1. The molecule has 1 aliphatic rings. The molecule has 1 atom stereocenters. The second-order valence-corrected chi connectivity index (χ2v) is 6.87. The van der Waals surface area contributed by atoms with Crippen molar-refractivity contribution in [3.8, 4) is 0 Å². The van der Waals surface area contributed by atoms with Crippen molar-refractivity contribution >= 4 is 17.3 Å². The van der Waals surface area contributed by atoms with Crippen LogP contribution in [0.1, 0.15) is 32.3 Å². The molecule has 1 fully saturated rings. The van der Waals surface area contributed by atoms with E-state index in [0.717, 1.165) is 44.0 Å². The number of nitrogens with zero attached hydrogens (tertiary/aromatic N) is 1. The second-order valence-electron chi connectivity index (χ2n) is 6.43. The van der Waals surface area contributed by atoms with Gasteiger partial charge >= 0.3 is 0 Å². The summed E-state index contributed by atoms with van der Waals surface area (Å²) >= 11 is 6.19. The van der Waals surface area contributed by atoms with Crippen LogP contribution in [0.5, 0.6) is 0 Å². The molecule has 0 bridgehead atoms. The van der Waals surface area contributed by atoms with Crippen molar-refractivity contribution in [3.05, 3.63) is 28.8 Å². The first-order valence-electron chi connectivity index (χ1n) is 7.95. The van der Waals surface area contributed by atoms with Gasteiger partial charge in [0.05, 0.1) is 0 Å². The fraction of sp³-hybridized carbons (Fsp3) is 0.647. The van der Waals surface area contributed by atoms with E-state index in [4.69, 9.17) is 11.6 Å². The lowest BCUT2D eigenvalue weighted by molar-refractivity contribution is 0.208. The average Bonchev–Trinajstić information content (AvgIpc) is 2.48. The predicted octanol–water partition coefficient (Wildman–Crippen LogP) is 3.29. The van der Waals surface area contributed by atoms with E-state index in [9.17, 15) is 5.11 Å². The van der Waals surface area contributed by atoms with Gasteiger partial charge in [0.1, 0.15) is 0 Å². The standard InChI is InChI=1S/C17H27ClN2O/c1-13(2)9-19-10-15-5-6-16(18)8-17(15)20-7-3-4-14(11-20)12-21/h5-6,8,13-14,19,21H,3-4,7,9-12H2,1-2H3. The Bertz CT molecular complexity index is 450. The highest BCUT2D eigenvalue weighted by molar-refractivity contribution is 6.30.